The molecule has 0 saturated heterocycles. The number of hydrogen-bond donors (Lipinski definition) is 0. The minimum atomic E-state index is 0.671. The highest BCUT2D eigenvalue weighted by Crippen LogP contribution is 2.23. The van der Waals surface area contributed by atoms with E-state index >= 15 is 0 Å². The molecule has 0 radical (unpaired) electrons. The molecular formula is C15H17Br. The lowest BCUT2D eigenvalue weighted by Gasteiger charge is -2.15. The summed E-state index contributed by atoms with van der Waals surface area (Å²) in [6, 6.07) is 8.61. The van der Waals surface area contributed by atoms with Crippen molar-refractivity contribution in [3.8, 4) is 0 Å². The quantitative estimate of drug-likeness (QED) is 0.736. The van der Waals surface area contributed by atoms with E-state index in [-0.39, 0.29) is 0 Å². The fraction of sp³-hybridized carbons (Fsp3) is 0.333. The van der Waals surface area contributed by atoms with E-state index in [0.717, 1.165) is 12.8 Å². The van der Waals surface area contributed by atoms with E-state index in [1.165, 1.54) is 22.0 Å². The lowest BCUT2D eigenvalue weighted by molar-refractivity contribution is 0.647. The zero-order valence-corrected chi connectivity index (χ0v) is 11.2. The van der Waals surface area contributed by atoms with Crippen LogP contribution in [0.25, 0.3) is 0 Å². The van der Waals surface area contributed by atoms with Crippen molar-refractivity contribution in [2.45, 2.75) is 26.2 Å². The van der Waals surface area contributed by atoms with Crippen molar-refractivity contribution in [1.82, 2.24) is 0 Å². The van der Waals surface area contributed by atoms with Gasteiger partial charge in [-0.3, -0.25) is 0 Å². The Morgan fingerprint density at radius 1 is 1.38 bits per heavy atom. The van der Waals surface area contributed by atoms with E-state index in [9.17, 15) is 0 Å². The number of hydrogen-bond acceptors (Lipinski definition) is 0. The third-order valence-corrected chi connectivity index (χ3v) is 3.55. The summed E-state index contributed by atoms with van der Waals surface area (Å²) in [5.74, 6) is 0.671. The molecule has 0 amide bonds. The molecule has 0 heterocycles. The minimum absolute atomic E-state index is 0.671. The van der Waals surface area contributed by atoms with E-state index in [2.05, 4.69) is 65.3 Å². The molecule has 0 fully saturated rings. The minimum Gasteiger partial charge on any atom is -0.0807 e. The van der Waals surface area contributed by atoms with Crippen molar-refractivity contribution in [3.05, 3.63) is 58.1 Å². The van der Waals surface area contributed by atoms with Gasteiger partial charge in [0.05, 0.1) is 0 Å². The van der Waals surface area contributed by atoms with Gasteiger partial charge in [0, 0.05) is 4.47 Å². The van der Waals surface area contributed by atoms with Gasteiger partial charge < -0.3 is 0 Å². The zero-order valence-electron chi connectivity index (χ0n) is 9.62. The molecule has 0 saturated carbocycles. The van der Waals surface area contributed by atoms with Crippen molar-refractivity contribution >= 4 is 15.9 Å². The fourth-order valence-electron chi connectivity index (χ4n) is 2.09. The van der Waals surface area contributed by atoms with E-state index in [0.29, 0.717) is 5.92 Å². The molecule has 1 aliphatic carbocycles. The monoisotopic (exact) mass is 276 g/mol. The molecule has 0 bridgehead atoms. The Morgan fingerprint density at radius 3 is 2.88 bits per heavy atom. The third kappa shape index (κ3) is 3.08. The van der Waals surface area contributed by atoms with Gasteiger partial charge in [0.2, 0.25) is 0 Å². The highest BCUT2D eigenvalue weighted by molar-refractivity contribution is 9.10. The predicted molar refractivity (Wildman–Crippen MR) is 73.5 cm³/mol. The average Bonchev–Trinajstić information content (AvgIpc) is 2.30. The number of rotatable bonds is 3. The van der Waals surface area contributed by atoms with Crippen LogP contribution in [0.15, 0.2) is 52.5 Å². The maximum absolute atomic E-state index is 3.52. The number of benzene rings is 1. The summed E-state index contributed by atoms with van der Waals surface area (Å²) < 4.78 is 1.18. The first-order chi connectivity index (χ1) is 7.78. The molecule has 0 nitrogen and oxygen atoms in total. The van der Waals surface area contributed by atoms with Crippen LogP contribution in [0, 0.1) is 5.92 Å². The Hall–Kier alpha value is -0.820. The van der Waals surface area contributed by atoms with Gasteiger partial charge in [-0.1, -0.05) is 58.8 Å². The average molecular weight is 277 g/mol. The van der Waals surface area contributed by atoms with Gasteiger partial charge in [0.25, 0.3) is 0 Å². The van der Waals surface area contributed by atoms with Crippen LogP contribution in [-0.2, 0) is 6.42 Å². The van der Waals surface area contributed by atoms with Crippen molar-refractivity contribution in [2.24, 2.45) is 5.92 Å². The summed E-state index contributed by atoms with van der Waals surface area (Å²) in [6.07, 6.45) is 10.5. The lowest BCUT2D eigenvalue weighted by Crippen LogP contribution is -2.03. The second-order valence-corrected chi connectivity index (χ2v) is 5.24. The molecule has 0 spiro atoms. The van der Waals surface area contributed by atoms with Gasteiger partial charge >= 0.3 is 0 Å². The smallest absolute Gasteiger partial charge is 0.0177 e. The first-order valence-electron chi connectivity index (χ1n) is 5.89. The maximum Gasteiger partial charge on any atom is 0.0177 e. The Kier molecular flexibility index (Phi) is 4.00. The van der Waals surface area contributed by atoms with Crippen LogP contribution in [0.4, 0.5) is 0 Å². The van der Waals surface area contributed by atoms with Crippen molar-refractivity contribution in [1.29, 1.82) is 0 Å². The molecule has 1 heteroatoms. The summed E-state index contributed by atoms with van der Waals surface area (Å²) >= 11 is 3.52. The molecule has 1 aromatic carbocycles. The molecule has 1 aromatic rings. The summed E-state index contributed by atoms with van der Waals surface area (Å²) in [4.78, 5) is 0. The van der Waals surface area contributed by atoms with Gasteiger partial charge in [-0.25, -0.2) is 0 Å². The van der Waals surface area contributed by atoms with Crippen LogP contribution in [0.3, 0.4) is 0 Å². The first-order valence-corrected chi connectivity index (χ1v) is 6.69. The fourth-order valence-corrected chi connectivity index (χ4v) is 2.54. The van der Waals surface area contributed by atoms with Crippen LogP contribution in [0.1, 0.15) is 25.3 Å². The van der Waals surface area contributed by atoms with E-state index in [4.69, 9.17) is 0 Å². The van der Waals surface area contributed by atoms with E-state index in [1.807, 2.05) is 0 Å². The topological polar surface area (TPSA) is 0 Å². The highest BCUT2D eigenvalue weighted by atomic mass is 79.9. The molecule has 1 atom stereocenters. The largest absolute Gasteiger partial charge is 0.0807 e. The van der Waals surface area contributed by atoms with Gasteiger partial charge in [0.1, 0.15) is 0 Å². The van der Waals surface area contributed by atoms with E-state index in [1.54, 1.807) is 0 Å². The lowest BCUT2D eigenvalue weighted by atomic mass is 9.90. The normalized spacial score (nSPS) is 19.6. The number of halogens is 1. The van der Waals surface area contributed by atoms with Gasteiger partial charge in [-0.15, -0.1) is 0 Å². The molecule has 0 aromatic heterocycles. The maximum atomic E-state index is 3.52. The predicted octanol–water partition coefficient (Wildman–Crippen LogP) is 4.90. The molecule has 1 aliphatic rings. The van der Waals surface area contributed by atoms with Gasteiger partial charge in [0.15, 0.2) is 0 Å². The number of allylic oxidation sites excluding steroid dienone is 4. The molecule has 84 valence electrons. The third-order valence-electron chi connectivity index (χ3n) is 3.06. The Labute approximate surface area is 106 Å². The summed E-state index contributed by atoms with van der Waals surface area (Å²) in [5.41, 5.74) is 2.89. The Balaban J connectivity index is 1.98. The van der Waals surface area contributed by atoms with Gasteiger partial charge in [-0.2, -0.15) is 0 Å². The van der Waals surface area contributed by atoms with Crippen LogP contribution in [0.5, 0.6) is 0 Å². The molecule has 1 unspecified atom stereocenters. The van der Waals surface area contributed by atoms with Crippen molar-refractivity contribution in [2.75, 3.05) is 0 Å². The first kappa shape index (κ1) is 11.7. The summed E-state index contributed by atoms with van der Waals surface area (Å²) in [7, 11) is 0. The van der Waals surface area contributed by atoms with E-state index < -0.39 is 0 Å². The summed E-state index contributed by atoms with van der Waals surface area (Å²) in [6.45, 7) is 2.21. The summed E-state index contributed by atoms with van der Waals surface area (Å²) in [5, 5.41) is 0. The highest BCUT2D eigenvalue weighted by Gasteiger charge is 2.08. The van der Waals surface area contributed by atoms with Crippen molar-refractivity contribution in [3.63, 3.8) is 0 Å². The molecule has 16 heavy (non-hydrogen) atoms. The second-order valence-electron chi connectivity index (χ2n) is 4.32. The molecule has 2 rings (SSSR count). The zero-order chi connectivity index (χ0) is 11.4. The second kappa shape index (κ2) is 5.49. The Bertz CT molecular complexity index is 415. The van der Waals surface area contributed by atoms with Gasteiger partial charge in [-0.05, 0) is 42.9 Å². The van der Waals surface area contributed by atoms with Crippen LogP contribution < -0.4 is 0 Å². The standard InChI is InChI=1S/C15H17Br/c1-2-12-6-8-13(9-7-12)10-14-4-3-5-15(16)11-14/h3-8,11,13H,2,9-10H2,1H3. The molecule has 0 aliphatic heterocycles. The molecular weight excluding hydrogens is 260 g/mol. The SMILES string of the molecule is CCC1=CCC(Cc2cccc(Br)c2)C=C1. The van der Waals surface area contributed by atoms with Crippen LogP contribution in [0.2, 0.25) is 0 Å². The molecule has 0 N–H and O–H groups in total. The van der Waals surface area contributed by atoms with Crippen LogP contribution in [-0.4, -0.2) is 0 Å². The van der Waals surface area contributed by atoms with Crippen LogP contribution >= 0.6 is 15.9 Å². The van der Waals surface area contributed by atoms with Crippen molar-refractivity contribution < 1.29 is 0 Å². The Morgan fingerprint density at radius 2 is 2.25 bits per heavy atom.